The lowest BCUT2D eigenvalue weighted by Crippen LogP contribution is -2.09. The highest BCUT2D eigenvalue weighted by molar-refractivity contribution is 5.85. The highest BCUT2D eigenvalue weighted by Gasteiger charge is 2.14. The summed E-state index contributed by atoms with van der Waals surface area (Å²) in [5.41, 5.74) is 0.0934. The maximum atomic E-state index is 10.7. The Hall–Kier alpha value is -1.58. The van der Waals surface area contributed by atoms with Crippen molar-refractivity contribution >= 4 is 11.8 Å². The van der Waals surface area contributed by atoms with E-state index in [4.69, 9.17) is 5.11 Å². The molecule has 0 radical (unpaired) electrons. The van der Waals surface area contributed by atoms with Gasteiger partial charge in [0, 0.05) is 6.54 Å². The summed E-state index contributed by atoms with van der Waals surface area (Å²) in [5, 5.41) is 12.0. The number of nitrogens with zero attached hydrogens (tertiary/aromatic N) is 1. The van der Waals surface area contributed by atoms with Crippen LogP contribution in [0.5, 0.6) is 0 Å². The minimum atomic E-state index is -0.982. The van der Waals surface area contributed by atoms with Gasteiger partial charge in [-0.1, -0.05) is 31.7 Å². The summed E-state index contributed by atoms with van der Waals surface area (Å²) in [6.45, 7) is 0.876. The number of rotatable bonds is 5. The van der Waals surface area contributed by atoms with E-state index >= 15 is 0 Å². The molecule has 0 saturated heterocycles. The van der Waals surface area contributed by atoms with E-state index in [1.807, 2.05) is 0 Å². The van der Waals surface area contributed by atoms with Crippen molar-refractivity contribution in [3.63, 3.8) is 0 Å². The molecule has 1 saturated carbocycles. The molecule has 92 valence electrons. The van der Waals surface area contributed by atoms with Crippen molar-refractivity contribution in [2.24, 2.45) is 5.92 Å². The van der Waals surface area contributed by atoms with E-state index < -0.39 is 5.97 Å². The third-order valence-corrected chi connectivity index (χ3v) is 3.30. The second-order valence-corrected chi connectivity index (χ2v) is 4.58. The van der Waals surface area contributed by atoms with Gasteiger partial charge in [-0.05, 0) is 24.5 Å². The molecule has 2 rings (SSSR count). The van der Waals surface area contributed by atoms with Crippen molar-refractivity contribution in [1.82, 2.24) is 4.98 Å². The zero-order chi connectivity index (χ0) is 12.1. The molecule has 4 nitrogen and oxygen atoms in total. The quantitative estimate of drug-likeness (QED) is 0.822. The predicted molar refractivity (Wildman–Crippen MR) is 66.3 cm³/mol. The van der Waals surface area contributed by atoms with Gasteiger partial charge in [0.1, 0.15) is 5.82 Å². The fourth-order valence-corrected chi connectivity index (χ4v) is 2.36. The number of aromatic nitrogens is 1. The highest BCUT2D eigenvalue weighted by Crippen LogP contribution is 2.27. The molecule has 4 heteroatoms. The van der Waals surface area contributed by atoms with Gasteiger partial charge < -0.3 is 10.4 Å². The lowest BCUT2D eigenvalue weighted by Gasteiger charge is -2.10. The average molecular weight is 234 g/mol. The Bertz CT molecular complexity index is 387. The minimum Gasteiger partial charge on any atom is -0.477 e. The first-order chi connectivity index (χ1) is 8.25. The molecular formula is C13H18N2O2. The van der Waals surface area contributed by atoms with Crippen LogP contribution in [0.25, 0.3) is 0 Å². The number of hydrogen-bond acceptors (Lipinski definition) is 3. The summed E-state index contributed by atoms with van der Waals surface area (Å²) in [6, 6.07) is 5.03. The number of aromatic carboxylic acids is 1. The third kappa shape index (κ3) is 3.44. The fraction of sp³-hybridized carbons (Fsp3) is 0.538. The molecule has 1 aromatic heterocycles. The van der Waals surface area contributed by atoms with Crippen LogP contribution in [0.1, 0.15) is 42.6 Å². The molecule has 17 heavy (non-hydrogen) atoms. The van der Waals surface area contributed by atoms with Gasteiger partial charge in [0.05, 0.1) is 0 Å². The second kappa shape index (κ2) is 5.66. The Morgan fingerprint density at radius 2 is 2.18 bits per heavy atom. The average Bonchev–Trinajstić information content (AvgIpc) is 2.82. The van der Waals surface area contributed by atoms with Gasteiger partial charge in [0.25, 0.3) is 0 Å². The smallest absolute Gasteiger partial charge is 0.354 e. The minimum absolute atomic E-state index is 0.0934. The van der Waals surface area contributed by atoms with E-state index in [1.165, 1.54) is 31.7 Å². The van der Waals surface area contributed by atoms with Crippen LogP contribution >= 0.6 is 0 Å². The van der Waals surface area contributed by atoms with Crippen molar-refractivity contribution in [3.8, 4) is 0 Å². The first kappa shape index (κ1) is 11.9. The topological polar surface area (TPSA) is 62.2 Å². The first-order valence-corrected chi connectivity index (χ1v) is 6.20. The molecule has 1 heterocycles. The Morgan fingerprint density at radius 1 is 1.41 bits per heavy atom. The molecular weight excluding hydrogens is 216 g/mol. The van der Waals surface area contributed by atoms with Crippen molar-refractivity contribution in [2.45, 2.75) is 32.1 Å². The Labute approximate surface area is 101 Å². The van der Waals surface area contributed by atoms with Gasteiger partial charge in [-0.3, -0.25) is 0 Å². The molecule has 2 N–H and O–H groups in total. The lowest BCUT2D eigenvalue weighted by atomic mass is 10.0. The van der Waals surface area contributed by atoms with E-state index in [0.717, 1.165) is 18.9 Å². The maximum absolute atomic E-state index is 10.7. The van der Waals surface area contributed by atoms with Gasteiger partial charge >= 0.3 is 5.97 Å². The van der Waals surface area contributed by atoms with Gasteiger partial charge in [-0.25, -0.2) is 9.78 Å². The molecule has 1 fully saturated rings. The fourth-order valence-electron chi connectivity index (χ4n) is 2.36. The van der Waals surface area contributed by atoms with E-state index in [-0.39, 0.29) is 5.69 Å². The normalized spacial score (nSPS) is 16.0. The van der Waals surface area contributed by atoms with Crippen LogP contribution < -0.4 is 5.32 Å². The molecule has 1 aliphatic carbocycles. The van der Waals surface area contributed by atoms with Crippen molar-refractivity contribution in [3.05, 3.63) is 23.9 Å². The molecule has 0 amide bonds. The molecule has 0 spiro atoms. The highest BCUT2D eigenvalue weighted by atomic mass is 16.4. The van der Waals surface area contributed by atoms with E-state index in [2.05, 4.69) is 10.3 Å². The lowest BCUT2D eigenvalue weighted by molar-refractivity contribution is 0.0690. The van der Waals surface area contributed by atoms with E-state index in [0.29, 0.717) is 5.82 Å². The maximum Gasteiger partial charge on any atom is 0.354 e. The van der Waals surface area contributed by atoms with Crippen LogP contribution in [-0.2, 0) is 0 Å². The summed E-state index contributed by atoms with van der Waals surface area (Å²) >= 11 is 0. The molecule has 1 aliphatic rings. The number of hydrogen-bond donors (Lipinski definition) is 2. The number of pyridine rings is 1. The van der Waals surface area contributed by atoms with Gasteiger partial charge in [0.15, 0.2) is 5.69 Å². The predicted octanol–water partition coefficient (Wildman–Crippen LogP) is 2.77. The molecule has 0 atom stereocenters. The van der Waals surface area contributed by atoms with Gasteiger partial charge in [-0.15, -0.1) is 0 Å². The van der Waals surface area contributed by atoms with Crippen molar-refractivity contribution < 1.29 is 9.90 Å². The SMILES string of the molecule is O=C(O)c1cccc(NCCC2CCCC2)n1. The number of carbonyl (C=O) groups is 1. The number of carboxylic acids is 1. The summed E-state index contributed by atoms with van der Waals surface area (Å²) in [5.74, 6) is 0.512. The standard InChI is InChI=1S/C13H18N2O2/c16-13(17)11-6-3-7-12(15-11)14-9-8-10-4-1-2-5-10/h3,6-7,10H,1-2,4-5,8-9H2,(H,14,15)(H,16,17). The molecule has 0 bridgehead atoms. The van der Waals surface area contributed by atoms with Crippen molar-refractivity contribution in [2.75, 3.05) is 11.9 Å². The number of anilines is 1. The van der Waals surface area contributed by atoms with Crippen LogP contribution in [0.4, 0.5) is 5.82 Å². The van der Waals surface area contributed by atoms with E-state index in [9.17, 15) is 4.79 Å². The largest absolute Gasteiger partial charge is 0.477 e. The summed E-state index contributed by atoms with van der Waals surface area (Å²) in [7, 11) is 0. The van der Waals surface area contributed by atoms with Crippen LogP contribution in [0, 0.1) is 5.92 Å². The summed E-state index contributed by atoms with van der Waals surface area (Å²) in [6.07, 6.45) is 6.54. The Kier molecular flexibility index (Phi) is 3.96. The zero-order valence-corrected chi connectivity index (χ0v) is 9.85. The summed E-state index contributed by atoms with van der Waals surface area (Å²) in [4.78, 5) is 14.8. The molecule has 1 aromatic rings. The molecule has 0 aromatic carbocycles. The van der Waals surface area contributed by atoms with E-state index in [1.54, 1.807) is 12.1 Å². The molecule has 0 unspecified atom stereocenters. The van der Waals surface area contributed by atoms with Crippen LogP contribution in [0.3, 0.4) is 0 Å². The Morgan fingerprint density at radius 3 is 2.88 bits per heavy atom. The second-order valence-electron chi connectivity index (χ2n) is 4.58. The van der Waals surface area contributed by atoms with Crippen molar-refractivity contribution in [1.29, 1.82) is 0 Å². The van der Waals surface area contributed by atoms with Crippen LogP contribution in [0.2, 0.25) is 0 Å². The third-order valence-electron chi connectivity index (χ3n) is 3.30. The Balaban J connectivity index is 1.81. The number of nitrogens with one attached hydrogen (secondary N) is 1. The van der Waals surface area contributed by atoms with Crippen LogP contribution in [-0.4, -0.2) is 22.6 Å². The summed E-state index contributed by atoms with van der Waals surface area (Å²) < 4.78 is 0. The first-order valence-electron chi connectivity index (χ1n) is 6.20. The molecule has 0 aliphatic heterocycles. The van der Waals surface area contributed by atoms with Crippen LogP contribution in [0.15, 0.2) is 18.2 Å². The monoisotopic (exact) mass is 234 g/mol. The van der Waals surface area contributed by atoms with Gasteiger partial charge in [-0.2, -0.15) is 0 Å². The number of carboxylic acid groups (broad SMARTS) is 1. The van der Waals surface area contributed by atoms with Gasteiger partial charge in [0.2, 0.25) is 0 Å². The zero-order valence-electron chi connectivity index (χ0n) is 9.85.